The number of aliphatic carboxylic acids is 1. The fraction of sp³-hybridized carbons (Fsp3) is 0.150. The molecule has 0 amide bonds. The van der Waals surface area contributed by atoms with Crippen LogP contribution in [0.25, 0.3) is 11.3 Å². The van der Waals surface area contributed by atoms with Gasteiger partial charge < -0.3 is 20.5 Å². The van der Waals surface area contributed by atoms with Crippen molar-refractivity contribution in [1.82, 2.24) is 9.97 Å². The van der Waals surface area contributed by atoms with Gasteiger partial charge >= 0.3 is 18.5 Å². The molecule has 0 bridgehead atoms. The third kappa shape index (κ3) is 6.98. The second kappa shape index (κ2) is 9.22. The summed E-state index contributed by atoms with van der Waals surface area (Å²) in [4.78, 5) is 18.9. The molecule has 3 aromatic rings. The Morgan fingerprint density at radius 3 is 2.36 bits per heavy atom. The number of nitrogens with one attached hydrogen (secondary N) is 2. The summed E-state index contributed by atoms with van der Waals surface area (Å²) in [7, 11) is 0. The van der Waals surface area contributed by atoms with Gasteiger partial charge in [0.05, 0.1) is 11.3 Å². The fourth-order valence-electron chi connectivity index (χ4n) is 2.67. The predicted molar refractivity (Wildman–Crippen MR) is 105 cm³/mol. The minimum absolute atomic E-state index is 0.0211. The number of anilines is 3. The molecule has 33 heavy (non-hydrogen) atoms. The number of nitrogens with zero attached hydrogens (tertiary/aromatic N) is 2. The van der Waals surface area contributed by atoms with Crippen molar-refractivity contribution in [1.29, 1.82) is 0 Å². The molecule has 0 aliphatic heterocycles. The lowest BCUT2D eigenvalue weighted by molar-refractivity contribution is -0.274. The first-order valence-corrected chi connectivity index (χ1v) is 9.04. The van der Waals surface area contributed by atoms with Gasteiger partial charge in [-0.25, -0.2) is 4.98 Å². The number of hydrogen-bond acceptors (Lipinski definition) is 6. The van der Waals surface area contributed by atoms with Crippen molar-refractivity contribution in [3.8, 4) is 17.0 Å². The van der Waals surface area contributed by atoms with E-state index in [1.807, 2.05) is 0 Å². The summed E-state index contributed by atoms with van der Waals surface area (Å²) in [5.74, 6) is -2.01. The van der Waals surface area contributed by atoms with Crippen molar-refractivity contribution in [3.05, 3.63) is 60.2 Å². The topological polar surface area (TPSA) is 96.4 Å². The van der Waals surface area contributed by atoms with E-state index in [-0.39, 0.29) is 28.7 Å². The molecule has 1 heterocycles. The molecule has 7 nitrogen and oxygen atoms in total. The summed E-state index contributed by atoms with van der Waals surface area (Å²) in [6.45, 7) is -0.580. The molecule has 174 valence electrons. The van der Waals surface area contributed by atoms with E-state index in [9.17, 15) is 31.1 Å². The molecule has 0 aliphatic rings. The molecule has 0 saturated heterocycles. The van der Waals surface area contributed by atoms with Crippen LogP contribution < -0.4 is 15.4 Å². The number of alkyl halides is 6. The molecule has 3 N–H and O–H groups in total. The van der Waals surface area contributed by atoms with Crippen LogP contribution in [0.5, 0.6) is 5.75 Å². The van der Waals surface area contributed by atoms with E-state index in [2.05, 4.69) is 25.3 Å². The maximum Gasteiger partial charge on any atom is 0.573 e. The van der Waals surface area contributed by atoms with Gasteiger partial charge in [-0.3, -0.25) is 4.79 Å². The van der Waals surface area contributed by atoms with Gasteiger partial charge in [0.2, 0.25) is 5.95 Å². The Balaban J connectivity index is 1.98. The SMILES string of the molecule is O=C(O)CNc1nc(Nc2cccc(C(F)(F)F)c2)cc(-c2cccc(OC(F)(F)F)c2)n1. The zero-order valence-corrected chi connectivity index (χ0v) is 16.3. The molecule has 0 saturated carbocycles. The van der Waals surface area contributed by atoms with Crippen LogP contribution in [0.15, 0.2) is 54.6 Å². The van der Waals surface area contributed by atoms with Crippen molar-refractivity contribution >= 4 is 23.4 Å². The van der Waals surface area contributed by atoms with Crippen LogP contribution in [0.1, 0.15) is 5.56 Å². The summed E-state index contributed by atoms with van der Waals surface area (Å²) in [6.07, 6.45) is -9.50. The van der Waals surface area contributed by atoms with Gasteiger partial charge in [-0.15, -0.1) is 13.2 Å². The van der Waals surface area contributed by atoms with E-state index in [1.54, 1.807) is 0 Å². The molecule has 2 aromatic carbocycles. The summed E-state index contributed by atoms with van der Waals surface area (Å²) in [5, 5.41) is 13.9. The number of ether oxygens (including phenoxy) is 1. The van der Waals surface area contributed by atoms with E-state index < -0.39 is 36.4 Å². The summed E-state index contributed by atoms with van der Waals surface area (Å²) in [5.41, 5.74) is -0.680. The van der Waals surface area contributed by atoms with Crippen molar-refractivity contribution in [2.45, 2.75) is 12.5 Å². The van der Waals surface area contributed by atoms with Crippen LogP contribution in [0.2, 0.25) is 0 Å². The molecule has 1 aromatic heterocycles. The molecule has 0 spiro atoms. The first-order valence-electron chi connectivity index (χ1n) is 9.04. The lowest BCUT2D eigenvalue weighted by atomic mass is 10.1. The van der Waals surface area contributed by atoms with Crippen molar-refractivity contribution in [2.24, 2.45) is 0 Å². The van der Waals surface area contributed by atoms with E-state index in [0.29, 0.717) is 0 Å². The van der Waals surface area contributed by atoms with Gasteiger partial charge in [0.25, 0.3) is 0 Å². The molecule has 3 rings (SSSR count). The number of carboxylic acid groups (broad SMARTS) is 1. The Hall–Kier alpha value is -4.03. The number of hydrogen-bond donors (Lipinski definition) is 3. The number of halogens is 6. The van der Waals surface area contributed by atoms with Crippen molar-refractivity contribution in [3.63, 3.8) is 0 Å². The van der Waals surface area contributed by atoms with E-state index >= 15 is 0 Å². The van der Waals surface area contributed by atoms with Crippen LogP contribution in [0.3, 0.4) is 0 Å². The molecule has 0 atom stereocenters. The van der Waals surface area contributed by atoms with Crippen LogP contribution in [0.4, 0.5) is 43.8 Å². The number of rotatable bonds is 7. The first-order chi connectivity index (χ1) is 15.4. The summed E-state index contributed by atoms with van der Waals surface area (Å²) < 4.78 is 80.4. The monoisotopic (exact) mass is 472 g/mol. The molecular weight excluding hydrogens is 458 g/mol. The smallest absolute Gasteiger partial charge is 0.480 e. The Morgan fingerprint density at radius 2 is 1.70 bits per heavy atom. The molecule has 13 heteroatoms. The Kier molecular flexibility index (Phi) is 6.60. The van der Waals surface area contributed by atoms with E-state index in [1.165, 1.54) is 30.3 Å². The highest BCUT2D eigenvalue weighted by molar-refractivity contribution is 5.73. The van der Waals surface area contributed by atoms with Gasteiger partial charge in [-0.05, 0) is 30.3 Å². The second-order valence-electron chi connectivity index (χ2n) is 6.49. The third-order valence-corrected chi connectivity index (χ3v) is 3.95. The zero-order chi connectivity index (χ0) is 24.2. The largest absolute Gasteiger partial charge is 0.573 e. The summed E-state index contributed by atoms with van der Waals surface area (Å²) >= 11 is 0. The molecule has 0 fully saturated rings. The molecule has 0 unspecified atom stereocenters. The third-order valence-electron chi connectivity index (χ3n) is 3.95. The number of aromatic nitrogens is 2. The minimum Gasteiger partial charge on any atom is -0.480 e. The highest BCUT2D eigenvalue weighted by Crippen LogP contribution is 2.32. The predicted octanol–water partition coefficient (Wildman–Crippen LogP) is 5.30. The lowest BCUT2D eigenvalue weighted by Crippen LogP contribution is -2.17. The van der Waals surface area contributed by atoms with Gasteiger partial charge in [0.1, 0.15) is 18.1 Å². The quantitative estimate of drug-likeness (QED) is 0.402. The van der Waals surface area contributed by atoms with Crippen LogP contribution >= 0.6 is 0 Å². The van der Waals surface area contributed by atoms with E-state index in [0.717, 1.165) is 24.3 Å². The summed E-state index contributed by atoms with van der Waals surface area (Å²) in [6, 6.07) is 10.3. The Bertz CT molecular complexity index is 1150. The number of carbonyl (C=O) groups is 1. The van der Waals surface area contributed by atoms with Crippen LogP contribution in [-0.4, -0.2) is 34.0 Å². The first kappa shape index (κ1) is 23.6. The van der Waals surface area contributed by atoms with Gasteiger partial charge in [-0.1, -0.05) is 18.2 Å². The molecule has 0 radical (unpaired) electrons. The molecular formula is C20H14F6N4O3. The van der Waals surface area contributed by atoms with Gasteiger partial charge in [0.15, 0.2) is 0 Å². The maximum atomic E-state index is 13.0. The Labute approximate surface area is 182 Å². The average Bonchev–Trinajstić information content (AvgIpc) is 2.71. The Morgan fingerprint density at radius 1 is 0.970 bits per heavy atom. The highest BCUT2D eigenvalue weighted by atomic mass is 19.4. The lowest BCUT2D eigenvalue weighted by Gasteiger charge is -2.13. The maximum absolute atomic E-state index is 13.0. The van der Waals surface area contributed by atoms with E-state index in [4.69, 9.17) is 5.11 Å². The second-order valence-corrected chi connectivity index (χ2v) is 6.49. The standard InChI is InChI=1S/C20H14F6N4O3/c21-19(22,23)12-4-2-5-13(8-12)28-16-9-15(29-18(30-16)27-10-17(31)32)11-3-1-6-14(7-11)33-20(24,25)26/h1-9H,10H2,(H,31,32)(H2,27,28,29,30). The minimum atomic E-state index is -4.92. The molecule has 0 aliphatic carbocycles. The average molecular weight is 472 g/mol. The fourth-order valence-corrected chi connectivity index (χ4v) is 2.67. The van der Waals surface area contributed by atoms with Crippen molar-refractivity contribution < 1.29 is 41.0 Å². The van der Waals surface area contributed by atoms with Crippen molar-refractivity contribution in [2.75, 3.05) is 17.2 Å². The number of carboxylic acids is 1. The van der Waals surface area contributed by atoms with Gasteiger partial charge in [0, 0.05) is 17.3 Å². The van der Waals surface area contributed by atoms with Crippen LogP contribution in [-0.2, 0) is 11.0 Å². The highest BCUT2D eigenvalue weighted by Gasteiger charge is 2.31. The zero-order valence-electron chi connectivity index (χ0n) is 16.3. The normalized spacial score (nSPS) is 11.7. The number of benzene rings is 2. The van der Waals surface area contributed by atoms with Crippen LogP contribution in [0, 0.1) is 0 Å². The van der Waals surface area contributed by atoms with Gasteiger partial charge in [-0.2, -0.15) is 18.2 Å².